The molecule has 0 aliphatic carbocycles. The number of aromatic amines is 1. The van der Waals surface area contributed by atoms with Crippen LogP contribution in [0, 0.1) is 0 Å². The Labute approximate surface area is 99.7 Å². The zero-order valence-corrected chi connectivity index (χ0v) is 10.3. The molecule has 0 aliphatic rings. The predicted octanol–water partition coefficient (Wildman–Crippen LogP) is -0.186. The molecule has 0 bridgehead atoms. The molecule has 1 heterocycles. The first kappa shape index (κ1) is 13.9. The minimum Gasteiger partial charge on any atom is -0.393 e. The Morgan fingerprint density at radius 1 is 1.53 bits per heavy atom. The molecule has 0 spiro atoms. The third-order valence-electron chi connectivity index (χ3n) is 2.17. The fourth-order valence-corrected chi connectivity index (χ4v) is 2.42. The van der Waals surface area contributed by atoms with E-state index >= 15 is 0 Å². The highest BCUT2D eigenvalue weighted by atomic mass is 32.2. The molecule has 1 aromatic rings. The average Bonchev–Trinajstić information content (AvgIpc) is 2.24. The van der Waals surface area contributed by atoms with Crippen LogP contribution in [-0.2, 0) is 10.0 Å². The molecule has 96 valence electrons. The van der Waals surface area contributed by atoms with Crippen molar-refractivity contribution in [3.8, 4) is 0 Å². The van der Waals surface area contributed by atoms with Gasteiger partial charge in [-0.3, -0.25) is 4.79 Å². The Morgan fingerprint density at radius 2 is 2.24 bits per heavy atom. The zero-order chi connectivity index (χ0) is 12.9. The summed E-state index contributed by atoms with van der Waals surface area (Å²) < 4.78 is 25.7. The van der Waals surface area contributed by atoms with Gasteiger partial charge in [-0.05, 0) is 19.8 Å². The van der Waals surface area contributed by atoms with E-state index in [4.69, 9.17) is 5.11 Å². The van der Waals surface area contributed by atoms with Crippen LogP contribution < -0.4 is 10.2 Å². The lowest BCUT2D eigenvalue weighted by molar-refractivity contribution is 0.182. The second kappa shape index (κ2) is 5.95. The molecule has 1 atom stereocenters. The fraction of sp³-hybridized carbons (Fsp3) is 0.500. The molecule has 17 heavy (non-hydrogen) atoms. The van der Waals surface area contributed by atoms with Crippen molar-refractivity contribution in [1.29, 1.82) is 0 Å². The first-order chi connectivity index (χ1) is 7.93. The van der Waals surface area contributed by atoms with Crippen molar-refractivity contribution in [3.05, 3.63) is 28.7 Å². The molecule has 3 N–H and O–H groups in total. The number of rotatable bonds is 6. The molecule has 0 radical (unpaired) electrons. The second-order valence-electron chi connectivity index (χ2n) is 3.76. The van der Waals surface area contributed by atoms with Crippen molar-refractivity contribution in [1.82, 2.24) is 9.71 Å². The van der Waals surface area contributed by atoms with E-state index in [0.717, 1.165) is 12.3 Å². The molecular formula is C10H16N2O4S. The predicted molar refractivity (Wildman–Crippen MR) is 63.2 cm³/mol. The number of aromatic nitrogens is 1. The van der Waals surface area contributed by atoms with Crippen LogP contribution in [0.3, 0.4) is 0 Å². The van der Waals surface area contributed by atoms with Gasteiger partial charge in [0, 0.05) is 25.0 Å². The Hall–Kier alpha value is -1.18. The Balaban J connectivity index is 2.64. The number of pyridine rings is 1. The number of hydrogen-bond donors (Lipinski definition) is 3. The van der Waals surface area contributed by atoms with Crippen LogP contribution in [0.25, 0.3) is 0 Å². The van der Waals surface area contributed by atoms with Gasteiger partial charge in [0.1, 0.15) is 4.90 Å². The van der Waals surface area contributed by atoms with E-state index < -0.39 is 21.6 Å². The molecule has 1 aromatic heterocycles. The number of aliphatic hydroxyl groups is 1. The molecule has 7 heteroatoms. The lowest BCUT2D eigenvalue weighted by Gasteiger charge is -2.06. The van der Waals surface area contributed by atoms with E-state index in [-0.39, 0.29) is 11.4 Å². The number of nitrogens with one attached hydrogen (secondary N) is 2. The fourth-order valence-electron chi connectivity index (χ4n) is 1.29. The third kappa shape index (κ3) is 4.29. The van der Waals surface area contributed by atoms with Gasteiger partial charge in [-0.2, -0.15) is 0 Å². The quantitative estimate of drug-likeness (QED) is 0.617. The molecule has 0 amide bonds. The van der Waals surface area contributed by atoms with Crippen molar-refractivity contribution in [2.45, 2.75) is 30.8 Å². The molecule has 0 saturated heterocycles. The van der Waals surface area contributed by atoms with Gasteiger partial charge in [0.25, 0.3) is 0 Å². The molecular weight excluding hydrogens is 244 g/mol. The standard InChI is InChI=1S/C10H16N2O4S/c1-8(13)3-2-5-12-17(15,16)10-7-11-6-4-9(10)14/h4,6-8,12-13H,2-3,5H2,1H3,(H,11,14). The van der Waals surface area contributed by atoms with Crippen LogP contribution in [0.1, 0.15) is 19.8 Å². The number of H-pyrrole nitrogens is 1. The zero-order valence-electron chi connectivity index (χ0n) is 9.51. The van der Waals surface area contributed by atoms with E-state index in [1.165, 1.54) is 6.20 Å². The van der Waals surface area contributed by atoms with Gasteiger partial charge in [-0.15, -0.1) is 0 Å². The number of sulfonamides is 1. The van der Waals surface area contributed by atoms with Crippen molar-refractivity contribution in [2.24, 2.45) is 0 Å². The van der Waals surface area contributed by atoms with Crippen LogP contribution in [0.5, 0.6) is 0 Å². The molecule has 0 aliphatic heterocycles. The third-order valence-corrected chi connectivity index (χ3v) is 3.65. The summed E-state index contributed by atoms with van der Waals surface area (Å²) >= 11 is 0. The maximum Gasteiger partial charge on any atom is 0.245 e. The minimum absolute atomic E-state index is 0.196. The Kier molecular flexibility index (Phi) is 4.86. The summed E-state index contributed by atoms with van der Waals surface area (Å²) in [4.78, 5) is 13.6. The molecule has 0 saturated carbocycles. The smallest absolute Gasteiger partial charge is 0.245 e. The highest BCUT2D eigenvalue weighted by Gasteiger charge is 2.16. The van der Waals surface area contributed by atoms with Crippen LogP contribution in [0.4, 0.5) is 0 Å². The molecule has 1 unspecified atom stereocenters. The average molecular weight is 260 g/mol. The van der Waals surface area contributed by atoms with Gasteiger partial charge in [0.15, 0.2) is 0 Å². The van der Waals surface area contributed by atoms with Gasteiger partial charge in [-0.25, -0.2) is 13.1 Å². The van der Waals surface area contributed by atoms with Crippen LogP contribution >= 0.6 is 0 Å². The topological polar surface area (TPSA) is 99.3 Å². The summed E-state index contributed by atoms with van der Waals surface area (Å²) in [5, 5.41) is 9.01. The van der Waals surface area contributed by atoms with Crippen molar-refractivity contribution < 1.29 is 13.5 Å². The summed E-state index contributed by atoms with van der Waals surface area (Å²) in [6.45, 7) is 1.83. The molecule has 1 rings (SSSR count). The maximum absolute atomic E-state index is 11.7. The van der Waals surface area contributed by atoms with Gasteiger partial charge in [0.2, 0.25) is 15.5 Å². The van der Waals surface area contributed by atoms with Gasteiger partial charge in [-0.1, -0.05) is 0 Å². The van der Waals surface area contributed by atoms with E-state index in [2.05, 4.69) is 9.71 Å². The summed E-state index contributed by atoms with van der Waals surface area (Å²) in [6.07, 6.45) is 3.09. The first-order valence-corrected chi connectivity index (χ1v) is 6.76. The Bertz CT molecular complexity index is 507. The molecule has 6 nitrogen and oxygen atoms in total. The normalized spacial score (nSPS) is 13.5. The summed E-state index contributed by atoms with van der Waals surface area (Å²) in [7, 11) is -3.76. The highest BCUT2D eigenvalue weighted by molar-refractivity contribution is 7.89. The van der Waals surface area contributed by atoms with Crippen molar-refractivity contribution >= 4 is 10.0 Å². The van der Waals surface area contributed by atoms with Gasteiger partial charge in [0.05, 0.1) is 6.10 Å². The van der Waals surface area contributed by atoms with E-state index in [1.54, 1.807) is 6.92 Å². The van der Waals surface area contributed by atoms with Gasteiger partial charge >= 0.3 is 0 Å². The summed E-state index contributed by atoms with van der Waals surface area (Å²) in [5.41, 5.74) is -0.549. The largest absolute Gasteiger partial charge is 0.393 e. The number of hydrogen-bond acceptors (Lipinski definition) is 4. The molecule has 0 fully saturated rings. The summed E-state index contributed by atoms with van der Waals surface area (Å²) in [5.74, 6) is 0. The SMILES string of the molecule is CC(O)CCCNS(=O)(=O)c1c[nH]ccc1=O. The monoisotopic (exact) mass is 260 g/mol. The lowest BCUT2D eigenvalue weighted by atomic mass is 10.2. The van der Waals surface area contributed by atoms with Crippen LogP contribution in [0.2, 0.25) is 0 Å². The van der Waals surface area contributed by atoms with E-state index in [0.29, 0.717) is 12.8 Å². The van der Waals surface area contributed by atoms with E-state index in [9.17, 15) is 13.2 Å². The molecule has 0 aromatic carbocycles. The van der Waals surface area contributed by atoms with E-state index in [1.807, 2.05) is 0 Å². The van der Waals surface area contributed by atoms with Crippen molar-refractivity contribution in [3.63, 3.8) is 0 Å². The number of aliphatic hydroxyl groups excluding tert-OH is 1. The van der Waals surface area contributed by atoms with Crippen LogP contribution in [0.15, 0.2) is 28.2 Å². The first-order valence-electron chi connectivity index (χ1n) is 5.28. The van der Waals surface area contributed by atoms with Crippen LogP contribution in [-0.4, -0.2) is 31.2 Å². The lowest BCUT2D eigenvalue weighted by Crippen LogP contribution is -2.29. The Morgan fingerprint density at radius 3 is 2.82 bits per heavy atom. The van der Waals surface area contributed by atoms with Gasteiger partial charge < -0.3 is 10.1 Å². The summed E-state index contributed by atoms with van der Waals surface area (Å²) in [6, 6.07) is 1.16. The second-order valence-corrected chi connectivity index (χ2v) is 5.50. The van der Waals surface area contributed by atoms with Crippen molar-refractivity contribution in [2.75, 3.05) is 6.54 Å². The highest BCUT2D eigenvalue weighted by Crippen LogP contribution is 2.01. The minimum atomic E-state index is -3.76. The maximum atomic E-state index is 11.7.